The van der Waals surface area contributed by atoms with Gasteiger partial charge in [-0.15, -0.1) is 0 Å². The maximum absolute atomic E-state index is 13.1. The van der Waals surface area contributed by atoms with Crippen LogP contribution in [0.4, 0.5) is 0 Å². The second kappa shape index (κ2) is 8.03. The molecule has 148 valence electrons. The van der Waals surface area contributed by atoms with E-state index in [-0.39, 0.29) is 17.9 Å². The molecule has 1 aromatic heterocycles. The lowest BCUT2D eigenvalue weighted by atomic mass is 9.83. The summed E-state index contributed by atoms with van der Waals surface area (Å²) in [6.45, 7) is 6.25. The molecule has 3 heterocycles. The van der Waals surface area contributed by atoms with E-state index in [9.17, 15) is 9.59 Å². The molecule has 0 aliphatic carbocycles. The largest absolute Gasteiger partial charge is 0.338 e. The normalized spacial score (nSPS) is 22.1. The minimum atomic E-state index is 0.108. The molecule has 6 heteroatoms. The molecular formula is C22H27N3O2S. The first kappa shape index (κ1) is 19.1. The van der Waals surface area contributed by atoms with Gasteiger partial charge in [-0.1, -0.05) is 25.1 Å². The Morgan fingerprint density at radius 3 is 2.71 bits per heavy atom. The van der Waals surface area contributed by atoms with E-state index in [0.717, 1.165) is 61.2 Å². The van der Waals surface area contributed by atoms with Gasteiger partial charge in [0.25, 0.3) is 11.8 Å². The summed E-state index contributed by atoms with van der Waals surface area (Å²) in [5.41, 5.74) is 3.49. The number of hydrogen-bond donors (Lipinski definition) is 0. The number of aromatic nitrogens is 1. The van der Waals surface area contributed by atoms with Gasteiger partial charge >= 0.3 is 0 Å². The van der Waals surface area contributed by atoms with Crippen molar-refractivity contribution in [3.63, 3.8) is 0 Å². The number of aryl methyl sites for hydroxylation is 2. The third kappa shape index (κ3) is 3.46. The van der Waals surface area contributed by atoms with Crippen LogP contribution in [0.1, 0.15) is 58.2 Å². The van der Waals surface area contributed by atoms with Crippen LogP contribution < -0.4 is 0 Å². The molecule has 2 saturated heterocycles. The summed E-state index contributed by atoms with van der Waals surface area (Å²) in [5.74, 6) is 0.602. The molecule has 28 heavy (non-hydrogen) atoms. The average molecular weight is 398 g/mol. The van der Waals surface area contributed by atoms with E-state index < -0.39 is 0 Å². The van der Waals surface area contributed by atoms with Crippen molar-refractivity contribution in [3.8, 4) is 0 Å². The topological polar surface area (TPSA) is 53.5 Å². The van der Waals surface area contributed by atoms with Crippen LogP contribution in [0.25, 0.3) is 0 Å². The number of benzene rings is 1. The molecule has 2 amide bonds. The van der Waals surface area contributed by atoms with E-state index in [1.54, 1.807) is 0 Å². The van der Waals surface area contributed by atoms with Crippen LogP contribution in [0, 0.1) is 12.8 Å². The molecule has 0 radical (unpaired) electrons. The molecule has 2 aromatic rings. The summed E-state index contributed by atoms with van der Waals surface area (Å²) in [4.78, 5) is 30.3. The van der Waals surface area contributed by atoms with Gasteiger partial charge in [0.05, 0.1) is 11.3 Å². The minimum absolute atomic E-state index is 0.108. The number of fused-ring (bicyclic) bond motifs is 1. The Morgan fingerprint density at radius 2 is 1.96 bits per heavy atom. The van der Waals surface area contributed by atoms with E-state index in [1.807, 2.05) is 46.4 Å². The standard InChI is InChI=1S/C22H27N3O2S/c1-3-16-7-4-5-9-18(16)21(26)24-12-10-20-17(13-24)8-6-11-25(20)22(27)19-14-28-23-15(19)2/h4-5,7,9,14,17,20H,3,6,8,10-13H2,1-2H3. The number of likely N-dealkylation sites (tertiary alicyclic amines) is 2. The van der Waals surface area contributed by atoms with Crippen LogP contribution in [0.15, 0.2) is 29.6 Å². The van der Waals surface area contributed by atoms with Crippen molar-refractivity contribution in [3.05, 3.63) is 52.0 Å². The van der Waals surface area contributed by atoms with Gasteiger partial charge in [-0.25, -0.2) is 0 Å². The van der Waals surface area contributed by atoms with Crippen molar-refractivity contribution in [2.75, 3.05) is 19.6 Å². The molecular weight excluding hydrogens is 370 g/mol. The third-order valence-corrected chi connectivity index (χ3v) is 6.95. The van der Waals surface area contributed by atoms with E-state index in [2.05, 4.69) is 11.3 Å². The molecule has 0 N–H and O–H groups in total. The number of hydrogen-bond acceptors (Lipinski definition) is 4. The average Bonchev–Trinajstić information content (AvgIpc) is 3.17. The highest BCUT2D eigenvalue weighted by Crippen LogP contribution is 2.33. The molecule has 0 saturated carbocycles. The summed E-state index contributed by atoms with van der Waals surface area (Å²) in [7, 11) is 0. The van der Waals surface area contributed by atoms with E-state index in [1.165, 1.54) is 11.5 Å². The van der Waals surface area contributed by atoms with E-state index in [4.69, 9.17) is 0 Å². The molecule has 1 aromatic carbocycles. The highest BCUT2D eigenvalue weighted by Gasteiger charge is 2.40. The predicted octanol–water partition coefficient (Wildman–Crippen LogP) is 3.78. The van der Waals surface area contributed by atoms with Crippen molar-refractivity contribution < 1.29 is 9.59 Å². The van der Waals surface area contributed by atoms with Crippen LogP contribution in [-0.2, 0) is 6.42 Å². The number of carbonyl (C=O) groups is 2. The Labute approximate surface area is 170 Å². The fourth-order valence-corrected chi connectivity index (χ4v) is 5.39. The quantitative estimate of drug-likeness (QED) is 0.792. The van der Waals surface area contributed by atoms with Crippen molar-refractivity contribution >= 4 is 23.3 Å². The van der Waals surface area contributed by atoms with Crippen LogP contribution in [0.5, 0.6) is 0 Å². The minimum Gasteiger partial charge on any atom is -0.338 e. The molecule has 0 bridgehead atoms. The Kier molecular flexibility index (Phi) is 5.49. The van der Waals surface area contributed by atoms with Crippen molar-refractivity contribution in [2.24, 2.45) is 5.92 Å². The van der Waals surface area contributed by atoms with Gasteiger partial charge in [0, 0.05) is 36.6 Å². The number of amides is 2. The fourth-order valence-electron chi connectivity index (χ4n) is 4.70. The van der Waals surface area contributed by atoms with Gasteiger partial charge in [-0.3, -0.25) is 9.59 Å². The monoisotopic (exact) mass is 397 g/mol. The lowest BCUT2D eigenvalue weighted by Crippen LogP contribution is -2.56. The zero-order valence-corrected chi connectivity index (χ0v) is 17.4. The van der Waals surface area contributed by atoms with Gasteiger partial charge in [0.15, 0.2) is 0 Å². The zero-order valence-electron chi connectivity index (χ0n) is 16.6. The van der Waals surface area contributed by atoms with Gasteiger partial charge < -0.3 is 9.80 Å². The highest BCUT2D eigenvalue weighted by molar-refractivity contribution is 7.03. The molecule has 2 fully saturated rings. The molecule has 0 spiro atoms. The number of rotatable bonds is 3. The first-order chi connectivity index (χ1) is 13.6. The Hall–Kier alpha value is -2.21. The molecule has 2 unspecified atom stereocenters. The smallest absolute Gasteiger partial charge is 0.256 e. The Morgan fingerprint density at radius 1 is 1.14 bits per heavy atom. The third-order valence-electron chi connectivity index (χ3n) is 6.23. The summed E-state index contributed by atoms with van der Waals surface area (Å²) in [6, 6.07) is 8.14. The first-order valence-electron chi connectivity index (χ1n) is 10.2. The second-order valence-corrected chi connectivity index (χ2v) is 8.46. The number of nitrogens with zero attached hydrogens (tertiary/aromatic N) is 3. The lowest BCUT2D eigenvalue weighted by molar-refractivity contribution is 0.0197. The van der Waals surface area contributed by atoms with Gasteiger partial charge in [0.1, 0.15) is 0 Å². The van der Waals surface area contributed by atoms with Crippen LogP contribution in [-0.4, -0.2) is 51.7 Å². The van der Waals surface area contributed by atoms with Crippen molar-refractivity contribution in [1.82, 2.24) is 14.2 Å². The maximum atomic E-state index is 13.1. The molecule has 4 rings (SSSR count). The molecule has 2 atom stereocenters. The lowest BCUT2D eigenvalue weighted by Gasteiger charge is -2.47. The van der Waals surface area contributed by atoms with E-state index in [0.29, 0.717) is 12.5 Å². The summed E-state index contributed by atoms with van der Waals surface area (Å²) < 4.78 is 4.26. The summed E-state index contributed by atoms with van der Waals surface area (Å²) >= 11 is 1.34. The molecule has 2 aliphatic heterocycles. The van der Waals surface area contributed by atoms with Gasteiger partial charge in [-0.2, -0.15) is 4.37 Å². The Bertz CT molecular complexity index is 878. The first-order valence-corrected chi connectivity index (χ1v) is 11.0. The summed E-state index contributed by atoms with van der Waals surface area (Å²) in [5, 5.41) is 1.86. The molecule has 2 aliphatic rings. The number of carbonyl (C=O) groups excluding carboxylic acids is 2. The van der Waals surface area contributed by atoms with E-state index >= 15 is 0 Å². The highest BCUT2D eigenvalue weighted by atomic mass is 32.1. The summed E-state index contributed by atoms with van der Waals surface area (Å²) in [6.07, 6.45) is 3.79. The maximum Gasteiger partial charge on any atom is 0.256 e. The fraction of sp³-hybridized carbons (Fsp3) is 0.500. The predicted molar refractivity (Wildman–Crippen MR) is 111 cm³/mol. The van der Waals surface area contributed by atoms with Crippen LogP contribution >= 0.6 is 11.5 Å². The zero-order chi connectivity index (χ0) is 19.7. The van der Waals surface area contributed by atoms with Crippen molar-refractivity contribution in [2.45, 2.75) is 45.6 Å². The molecule has 5 nitrogen and oxygen atoms in total. The van der Waals surface area contributed by atoms with Crippen molar-refractivity contribution in [1.29, 1.82) is 0 Å². The SMILES string of the molecule is CCc1ccccc1C(=O)N1CCC2C(CCCN2C(=O)c2csnc2C)C1. The Balaban J connectivity index is 1.49. The number of piperidine rings is 2. The second-order valence-electron chi connectivity index (χ2n) is 7.83. The van der Waals surface area contributed by atoms with Gasteiger partial charge in [0.2, 0.25) is 0 Å². The van der Waals surface area contributed by atoms with Crippen LogP contribution in [0.2, 0.25) is 0 Å². The van der Waals surface area contributed by atoms with Crippen LogP contribution in [0.3, 0.4) is 0 Å². The van der Waals surface area contributed by atoms with Gasteiger partial charge in [-0.05, 0) is 61.7 Å².